The van der Waals surface area contributed by atoms with Gasteiger partial charge in [-0.15, -0.1) is 0 Å². The Morgan fingerprint density at radius 3 is 1.79 bits per heavy atom. The maximum absolute atomic E-state index is 13.3. The standard InChI is InChI=1S/C31H47N3O8/c1-2-3-4-26-30(41-22-13-34-9-18-38-19-10-34)29-27(40-21-12-33-7-16-37-17-8-33)23-25(24-28(29)42-31(26)35)39-20-11-32-5-14-36-15-6-32/h23-24H,2-22H2,1H3. The Balaban J connectivity index is 1.40. The molecule has 0 spiro atoms. The van der Waals surface area contributed by atoms with Crippen LogP contribution < -0.4 is 19.8 Å². The minimum atomic E-state index is -0.359. The summed E-state index contributed by atoms with van der Waals surface area (Å²) in [7, 11) is 0. The first-order chi connectivity index (χ1) is 20.7. The first-order valence-corrected chi connectivity index (χ1v) is 15.6. The van der Waals surface area contributed by atoms with Crippen molar-refractivity contribution in [2.24, 2.45) is 0 Å². The van der Waals surface area contributed by atoms with Gasteiger partial charge in [-0.25, -0.2) is 4.79 Å². The van der Waals surface area contributed by atoms with Crippen molar-refractivity contribution in [3.8, 4) is 17.2 Å². The molecular formula is C31H47N3O8. The Kier molecular flexibility index (Phi) is 12.1. The van der Waals surface area contributed by atoms with Crippen molar-refractivity contribution < 1.29 is 32.8 Å². The smallest absolute Gasteiger partial charge is 0.343 e. The Morgan fingerprint density at radius 1 is 0.714 bits per heavy atom. The minimum absolute atomic E-state index is 0.359. The van der Waals surface area contributed by atoms with Gasteiger partial charge in [0.25, 0.3) is 0 Å². The number of rotatable bonds is 15. The quantitative estimate of drug-likeness (QED) is 0.286. The van der Waals surface area contributed by atoms with Gasteiger partial charge in [0.1, 0.15) is 48.0 Å². The molecule has 11 heteroatoms. The molecule has 2 aromatic rings. The van der Waals surface area contributed by atoms with Crippen LogP contribution in [0.1, 0.15) is 25.3 Å². The van der Waals surface area contributed by atoms with Crippen molar-refractivity contribution in [2.45, 2.75) is 26.2 Å². The topological polar surface area (TPSA) is 95.3 Å². The molecular weight excluding hydrogens is 542 g/mol. The number of nitrogens with zero attached hydrogens (tertiary/aromatic N) is 3. The van der Waals surface area contributed by atoms with Crippen LogP contribution in [0.4, 0.5) is 0 Å². The average molecular weight is 590 g/mol. The summed E-state index contributed by atoms with van der Waals surface area (Å²) in [5.74, 6) is 1.80. The zero-order chi connectivity index (χ0) is 29.0. The van der Waals surface area contributed by atoms with Crippen molar-refractivity contribution in [1.29, 1.82) is 0 Å². The van der Waals surface area contributed by atoms with Crippen LogP contribution in [0.3, 0.4) is 0 Å². The lowest BCUT2D eigenvalue weighted by molar-refractivity contribution is 0.0319. The fourth-order valence-corrected chi connectivity index (χ4v) is 5.53. The Labute approximate surface area is 248 Å². The average Bonchev–Trinajstić information content (AvgIpc) is 3.02. The maximum Gasteiger partial charge on any atom is 0.343 e. The van der Waals surface area contributed by atoms with Crippen molar-refractivity contribution in [2.75, 3.05) is 118 Å². The summed E-state index contributed by atoms with van der Waals surface area (Å²) in [6, 6.07) is 3.71. The second-order valence-electron chi connectivity index (χ2n) is 11.0. The summed E-state index contributed by atoms with van der Waals surface area (Å²) in [6.07, 6.45) is 2.42. The van der Waals surface area contributed by atoms with E-state index in [2.05, 4.69) is 21.6 Å². The fraction of sp³-hybridized carbons (Fsp3) is 0.710. The molecule has 3 fully saturated rings. The molecule has 3 aliphatic rings. The SMILES string of the molecule is CCCCc1c(OCCN2CCOCC2)c2c(OCCN3CCOCC3)cc(OCCN3CCOCC3)cc2oc1=O. The highest BCUT2D eigenvalue weighted by Crippen LogP contribution is 2.39. The molecule has 0 atom stereocenters. The van der Waals surface area contributed by atoms with E-state index in [0.717, 1.165) is 111 Å². The molecule has 0 radical (unpaired) electrons. The van der Waals surface area contributed by atoms with E-state index in [0.29, 0.717) is 60.0 Å². The molecule has 42 heavy (non-hydrogen) atoms. The van der Waals surface area contributed by atoms with E-state index in [9.17, 15) is 4.79 Å². The number of morpholine rings is 3. The summed E-state index contributed by atoms with van der Waals surface area (Å²) in [5, 5.41) is 0.699. The molecule has 4 heterocycles. The molecule has 0 aliphatic carbocycles. The van der Waals surface area contributed by atoms with E-state index in [1.54, 1.807) is 6.07 Å². The van der Waals surface area contributed by atoms with Crippen LogP contribution in [0.5, 0.6) is 17.2 Å². The summed E-state index contributed by atoms with van der Waals surface area (Å²) in [4.78, 5) is 20.3. The molecule has 0 bridgehead atoms. The van der Waals surface area contributed by atoms with Crippen LogP contribution in [-0.2, 0) is 20.6 Å². The molecule has 11 nitrogen and oxygen atoms in total. The highest BCUT2D eigenvalue weighted by atomic mass is 16.5. The van der Waals surface area contributed by atoms with Gasteiger partial charge in [0.15, 0.2) is 0 Å². The van der Waals surface area contributed by atoms with Crippen molar-refractivity contribution in [3.63, 3.8) is 0 Å². The molecule has 3 saturated heterocycles. The first-order valence-electron chi connectivity index (χ1n) is 15.6. The molecule has 1 aromatic heterocycles. The number of benzene rings is 1. The van der Waals surface area contributed by atoms with E-state index in [-0.39, 0.29) is 5.63 Å². The van der Waals surface area contributed by atoms with E-state index in [1.807, 2.05) is 6.07 Å². The summed E-state index contributed by atoms with van der Waals surface area (Å²) < 4.78 is 41.4. The van der Waals surface area contributed by atoms with Crippen LogP contribution >= 0.6 is 0 Å². The highest BCUT2D eigenvalue weighted by molar-refractivity contribution is 5.92. The molecule has 3 aliphatic heterocycles. The van der Waals surface area contributed by atoms with Gasteiger partial charge in [0, 0.05) is 71.0 Å². The van der Waals surface area contributed by atoms with Gasteiger partial charge in [0.2, 0.25) is 0 Å². The third-order valence-electron chi connectivity index (χ3n) is 8.08. The second-order valence-corrected chi connectivity index (χ2v) is 11.0. The molecule has 0 unspecified atom stereocenters. The van der Waals surface area contributed by atoms with Gasteiger partial charge < -0.3 is 32.8 Å². The predicted molar refractivity (Wildman–Crippen MR) is 159 cm³/mol. The van der Waals surface area contributed by atoms with E-state index in [1.165, 1.54) is 0 Å². The molecule has 1 aromatic carbocycles. The second kappa shape index (κ2) is 16.4. The maximum atomic E-state index is 13.3. The van der Waals surface area contributed by atoms with Crippen LogP contribution in [0, 0.1) is 0 Å². The summed E-state index contributed by atoms with van der Waals surface area (Å²) in [6.45, 7) is 15.7. The fourth-order valence-electron chi connectivity index (χ4n) is 5.53. The zero-order valence-corrected chi connectivity index (χ0v) is 25.1. The Hall–Kier alpha value is -2.41. The Bertz CT molecular complexity index is 1160. The number of fused-ring (bicyclic) bond motifs is 1. The number of hydrogen-bond acceptors (Lipinski definition) is 11. The van der Waals surface area contributed by atoms with E-state index >= 15 is 0 Å². The lowest BCUT2D eigenvalue weighted by Crippen LogP contribution is -2.38. The van der Waals surface area contributed by atoms with Crippen molar-refractivity contribution in [3.05, 3.63) is 28.1 Å². The van der Waals surface area contributed by atoms with E-state index in [4.69, 9.17) is 32.8 Å². The summed E-state index contributed by atoms with van der Waals surface area (Å²) in [5.41, 5.74) is 0.638. The number of ether oxygens (including phenoxy) is 6. The van der Waals surface area contributed by atoms with Gasteiger partial charge in [-0.2, -0.15) is 0 Å². The van der Waals surface area contributed by atoms with Crippen molar-refractivity contribution >= 4 is 11.0 Å². The largest absolute Gasteiger partial charge is 0.492 e. The van der Waals surface area contributed by atoms with Crippen LogP contribution in [-0.4, -0.2) is 133 Å². The summed E-state index contributed by atoms with van der Waals surface area (Å²) >= 11 is 0. The Morgan fingerprint density at radius 2 is 1.24 bits per heavy atom. The van der Waals surface area contributed by atoms with Crippen LogP contribution in [0.25, 0.3) is 11.0 Å². The molecule has 5 rings (SSSR count). The minimum Gasteiger partial charge on any atom is -0.492 e. The highest BCUT2D eigenvalue weighted by Gasteiger charge is 2.22. The lowest BCUT2D eigenvalue weighted by Gasteiger charge is -2.27. The molecule has 0 saturated carbocycles. The van der Waals surface area contributed by atoms with Crippen molar-refractivity contribution in [1.82, 2.24) is 14.7 Å². The van der Waals surface area contributed by atoms with E-state index < -0.39 is 0 Å². The molecule has 234 valence electrons. The van der Waals surface area contributed by atoms with Gasteiger partial charge in [-0.05, 0) is 12.8 Å². The van der Waals surface area contributed by atoms with Gasteiger partial charge >= 0.3 is 5.63 Å². The normalized spacial score (nSPS) is 19.3. The number of hydrogen-bond donors (Lipinski definition) is 0. The zero-order valence-electron chi connectivity index (χ0n) is 25.1. The molecule has 0 N–H and O–H groups in total. The van der Waals surface area contributed by atoms with Gasteiger partial charge in [-0.3, -0.25) is 14.7 Å². The molecule has 0 amide bonds. The van der Waals surface area contributed by atoms with Gasteiger partial charge in [0.05, 0.1) is 45.2 Å². The third-order valence-corrected chi connectivity index (χ3v) is 8.08. The first kappa shape index (κ1) is 31.0. The van der Waals surface area contributed by atoms with Gasteiger partial charge in [-0.1, -0.05) is 13.3 Å². The van der Waals surface area contributed by atoms with Crippen LogP contribution in [0.2, 0.25) is 0 Å². The lowest BCUT2D eigenvalue weighted by atomic mass is 10.1. The monoisotopic (exact) mass is 589 g/mol. The number of unbranched alkanes of at least 4 members (excludes halogenated alkanes) is 1. The van der Waals surface area contributed by atoms with Crippen LogP contribution in [0.15, 0.2) is 21.3 Å². The third kappa shape index (κ3) is 8.81. The predicted octanol–water partition coefficient (Wildman–Crippen LogP) is 2.27.